The highest BCUT2D eigenvalue weighted by Gasteiger charge is 2.18. The van der Waals surface area contributed by atoms with Crippen molar-refractivity contribution in [2.24, 2.45) is 5.92 Å². The van der Waals surface area contributed by atoms with Gasteiger partial charge in [-0.05, 0) is 18.8 Å². The van der Waals surface area contributed by atoms with Gasteiger partial charge in [0.2, 0.25) is 0 Å². The van der Waals surface area contributed by atoms with Crippen LogP contribution in [-0.4, -0.2) is 6.54 Å². The van der Waals surface area contributed by atoms with E-state index in [2.05, 4.69) is 5.32 Å². The molecule has 4 heteroatoms. The van der Waals surface area contributed by atoms with Crippen molar-refractivity contribution in [2.75, 3.05) is 11.9 Å². The van der Waals surface area contributed by atoms with Gasteiger partial charge in [0.1, 0.15) is 5.82 Å². The predicted molar refractivity (Wildman–Crippen MR) is 52.1 cm³/mol. The van der Waals surface area contributed by atoms with E-state index in [1.165, 1.54) is 6.42 Å². The Morgan fingerprint density at radius 1 is 1.20 bits per heavy atom. The summed E-state index contributed by atoms with van der Waals surface area (Å²) in [6.07, 6.45) is 3.39. The topological polar surface area (TPSA) is 12.0 Å². The predicted octanol–water partition coefficient (Wildman–Crippen LogP) is 3.32. The molecule has 1 aliphatic carbocycles. The van der Waals surface area contributed by atoms with E-state index >= 15 is 0 Å². The average Bonchev–Trinajstić information content (AvgIpc) is 2.10. The summed E-state index contributed by atoms with van der Waals surface area (Å²) in [5.74, 6) is -2.40. The Bertz CT molecular complexity index is 361. The lowest BCUT2D eigenvalue weighted by atomic mass is 9.85. The van der Waals surface area contributed by atoms with Crippen LogP contribution in [0.3, 0.4) is 0 Å². The molecule has 2 rings (SSSR count). The van der Waals surface area contributed by atoms with Gasteiger partial charge in [-0.1, -0.05) is 6.42 Å². The minimum Gasteiger partial charge on any atom is -0.382 e. The van der Waals surface area contributed by atoms with E-state index in [0.29, 0.717) is 18.5 Å². The molecule has 0 unspecified atom stereocenters. The van der Waals surface area contributed by atoms with Crippen LogP contribution in [0.1, 0.15) is 19.3 Å². The first-order chi connectivity index (χ1) is 7.16. The van der Waals surface area contributed by atoms with Crippen molar-refractivity contribution in [1.29, 1.82) is 0 Å². The fourth-order valence-corrected chi connectivity index (χ4v) is 1.64. The van der Waals surface area contributed by atoms with Crippen molar-refractivity contribution in [3.8, 4) is 0 Å². The molecule has 1 saturated carbocycles. The summed E-state index contributed by atoms with van der Waals surface area (Å²) >= 11 is 0. The lowest BCUT2D eigenvalue weighted by Gasteiger charge is -2.25. The van der Waals surface area contributed by atoms with E-state index in [9.17, 15) is 13.2 Å². The quantitative estimate of drug-likeness (QED) is 0.763. The monoisotopic (exact) mass is 215 g/mol. The molecule has 0 atom stereocenters. The van der Waals surface area contributed by atoms with Crippen LogP contribution in [0.4, 0.5) is 18.9 Å². The molecular formula is C11H12F3N. The second-order valence-electron chi connectivity index (χ2n) is 3.93. The maximum absolute atomic E-state index is 13.1. The van der Waals surface area contributed by atoms with Crippen molar-refractivity contribution in [3.63, 3.8) is 0 Å². The Balaban J connectivity index is 2.05. The van der Waals surface area contributed by atoms with Crippen LogP contribution in [-0.2, 0) is 0 Å². The third-order valence-electron chi connectivity index (χ3n) is 2.80. The molecular weight excluding hydrogens is 203 g/mol. The van der Waals surface area contributed by atoms with Crippen molar-refractivity contribution in [1.82, 2.24) is 0 Å². The summed E-state index contributed by atoms with van der Waals surface area (Å²) in [7, 11) is 0. The summed E-state index contributed by atoms with van der Waals surface area (Å²) in [6.45, 7) is 0.583. The van der Waals surface area contributed by atoms with E-state index in [1.807, 2.05) is 0 Å². The minimum absolute atomic E-state index is 0.0839. The largest absolute Gasteiger partial charge is 0.382 e. The Hall–Kier alpha value is -1.19. The first kappa shape index (κ1) is 10.3. The number of nitrogens with one attached hydrogen (secondary N) is 1. The lowest BCUT2D eigenvalue weighted by Crippen LogP contribution is -2.21. The summed E-state index contributed by atoms with van der Waals surface area (Å²) < 4.78 is 38.7. The van der Waals surface area contributed by atoms with Crippen molar-refractivity contribution in [3.05, 3.63) is 29.6 Å². The van der Waals surface area contributed by atoms with Gasteiger partial charge < -0.3 is 5.32 Å². The van der Waals surface area contributed by atoms with Gasteiger partial charge in [0, 0.05) is 18.7 Å². The highest BCUT2D eigenvalue weighted by atomic mass is 19.2. The van der Waals surface area contributed by atoms with Crippen LogP contribution >= 0.6 is 0 Å². The van der Waals surface area contributed by atoms with Gasteiger partial charge in [0.25, 0.3) is 0 Å². The highest BCUT2D eigenvalue weighted by Crippen LogP contribution is 2.27. The molecule has 1 aliphatic rings. The molecule has 1 nitrogen and oxygen atoms in total. The van der Waals surface area contributed by atoms with Gasteiger partial charge in [-0.3, -0.25) is 0 Å². The number of hydrogen-bond acceptors (Lipinski definition) is 1. The number of anilines is 1. The van der Waals surface area contributed by atoms with Crippen molar-refractivity contribution >= 4 is 5.69 Å². The smallest absolute Gasteiger partial charge is 0.182 e. The standard InChI is InChI=1S/C11H12F3N/c12-8-4-9(13)11(14)10(5-8)15-6-7-2-1-3-7/h4-5,7,15H,1-3,6H2. The number of rotatable bonds is 3. The van der Waals surface area contributed by atoms with Gasteiger partial charge >= 0.3 is 0 Å². The third kappa shape index (κ3) is 2.25. The zero-order valence-electron chi connectivity index (χ0n) is 8.19. The summed E-state index contributed by atoms with van der Waals surface area (Å²) in [4.78, 5) is 0. The van der Waals surface area contributed by atoms with Gasteiger partial charge in [0.15, 0.2) is 11.6 Å². The van der Waals surface area contributed by atoms with Crippen molar-refractivity contribution < 1.29 is 13.2 Å². The summed E-state index contributed by atoms with van der Waals surface area (Å²) in [5, 5.41) is 2.74. The van der Waals surface area contributed by atoms with Crippen molar-refractivity contribution in [2.45, 2.75) is 19.3 Å². The summed E-state index contributed by atoms with van der Waals surface area (Å²) in [5.41, 5.74) is -0.0839. The Kier molecular flexibility index (Phi) is 2.84. The lowest BCUT2D eigenvalue weighted by molar-refractivity contribution is 0.333. The molecule has 0 saturated heterocycles. The Morgan fingerprint density at radius 3 is 2.53 bits per heavy atom. The molecule has 0 spiro atoms. The van der Waals surface area contributed by atoms with Crippen LogP contribution < -0.4 is 5.32 Å². The molecule has 0 amide bonds. The van der Waals surface area contributed by atoms with Gasteiger partial charge in [0.05, 0.1) is 5.69 Å². The normalized spacial score (nSPS) is 16.2. The number of hydrogen-bond donors (Lipinski definition) is 1. The fourth-order valence-electron chi connectivity index (χ4n) is 1.64. The Morgan fingerprint density at radius 2 is 1.93 bits per heavy atom. The van der Waals surface area contributed by atoms with Crippen LogP contribution in [0, 0.1) is 23.4 Å². The highest BCUT2D eigenvalue weighted by molar-refractivity contribution is 5.45. The van der Waals surface area contributed by atoms with E-state index in [0.717, 1.165) is 18.9 Å². The molecule has 15 heavy (non-hydrogen) atoms. The fraction of sp³-hybridized carbons (Fsp3) is 0.455. The van der Waals surface area contributed by atoms with E-state index < -0.39 is 17.5 Å². The maximum Gasteiger partial charge on any atom is 0.182 e. The van der Waals surface area contributed by atoms with Crippen LogP contribution in [0.5, 0.6) is 0 Å². The second kappa shape index (κ2) is 4.13. The van der Waals surface area contributed by atoms with Gasteiger partial charge in [-0.2, -0.15) is 0 Å². The van der Waals surface area contributed by atoms with Crippen LogP contribution in [0.15, 0.2) is 12.1 Å². The molecule has 1 aromatic rings. The molecule has 0 radical (unpaired) electrons. The second-order valence-corrected chi connectivity index (χ2v) is 3.93. The number of benzene rings is 1. The Labute approximate surface area is 86.3 Å². The maximum atomic E-state index is 13.1. The zero-order chi connectivity index (χ0) is 10.8. The van der Waals surface area contributed by atoms with Crippen LogP contribution in [0.2, 0.25) is 0 Å². The van der Waals surface area contributed by atoms with Gasteiger partial charge in [-0.25, -0.2) is 13.2 Å². The van der Waals surface area contributed by atoms with E-state index in [1.54, 1.807) is 0 Å². The molecule has 0 aromatic heterocycles. The van der Waals surface area contributed by atoms with E-state index in [4.69, 9.17) is 0 Å². The molecule has 1 aromatic carbocycles. The SMILES string of the molecule is Fc1cc(F)c(F)c(NCC2CCC2)c1. The summed E-state index contributed by atoms with van der Waals surface area (Å²) in [6, 6.07) is 1.53. The molecule has 1 N–H and O–H groups in total. The van der Waals surface area contributed by atoms with E-state index in [-0.39, 0.29) is 5.69 Å². The molecule has 82 valence electrons. The molecule has 0 heterocycles. The number of halogens is 3. The minimum atomic E-state index is -1.15. The molecule has 0 bridgehead atoms. The zero-order valence-corrected chi connectivity index (χ0v) is 8.19. The van der Waals surface area contributed by atoms with Gasteiger partial charge in [-0.15, -0.1) is 0 Å². The first-order valence-electron chi connectivity index (χ1n) is 5.05. The first-order valence-corrected chi connectivity index (χ1v) is 5.05. The van der Waals surface area contributed by atoms with Crippen LogP contribution in [0.25, 0.3) is 0 Å². The molecule has 0 aliphatic heterocycles. The third-order valence-corrected chi connectivity index (χ3v) is 2.80. The average molecular weight is 215 g/mol. The molecule has 1 fully saturated rings.